The molecule has 2 aromatic carbocycles. The highest BCUT2D eigenvalue weighted by Gasteiger charge is 2.05. The Labute approximate surface area is 145 Å². The fraction of sp³-hybridized carbons (Fsp3) is 0.250. The van der Waals surface area contributed by atoms with Crippen LogP contribution in [0.3, 0.4) is 0 Å². The lowest BCUT2D eigenvalue weighted by Gasteiger charge is -2.08. The van der Waals surface area contributed by atoms with Crippen LogP contribution in [-0.2, 0) is 6.54 Å². The van der Waals surface area contributed by atoms with Crippen molar-refractivity contribution in [1.29, 1.82) is 0 Å². The maximum absolute atomic E-state index is 6.33. The molecule has 0 saturated carbocycles. The van der Waals surface area contributed by atoms with E-state index in [0.29, 0.717) is 10.0 Å². The molecule has 0 bridgehead atoms. The average molecular weight is 361 g/mol. The fourth-order valence-corrected chi connectivity index (χ4v) is 3.38. The van der Waals surface area contributed by atoms with E-state index >= 15 is 0 Å². The van der Waals surface area contributed by atoms with E-state index in [1.807, 2.05) is 18.2 Å². The average Bonchev–Trinajstić information content (AvgIpc) is 2.45. The summed E-state index contributed by atoms with van der Waals surface area (Å²) >= 11 is 19.9. The largest absolute Gasteiger partial charge is 0.313 e. The van der Waals surface area contributed by atoms with Gasteiger partial charge in [0.05, 0.1) is 10.0 Å². The lowest BCUT2D eigenvalue weighted by molar-refractivity contribution is 0.675. The maximum Gasteiger partial charge on any atom is 0.0603 e. The summed E-state index contributed by atoms with van der Waals surface area (Å²) in [6.07, 6.45) is 1.11. The van der Waals surface area contributed by atoms with Gasteiger partial charge in [-0.15, -0.1) is 0 Å². The molecule has 2 rings (SSSR count). The van der Waals surface area contributed by atoms with Crippen LogP contribution in [0.4, 0.5) is 0 Å². The summed E-state index contributed by atoms with van der Waals surface area (Å²) < 4.78 is 0. The van der Waals surface area contributed by atoms with Crippen molar-refractivity contribution in [2.45, 2.75) is 29.7 Å². The Morgan fingerprint density at radius 2 is 1.57 bits per heavy atom. The molecule has 0 unspecified atom stereocenters. The SMILES string of the molecule is CCCNCc1ccc(Sc2ccc(Cl)c(Cl)c2)cc1Cl. The summed E-state index contributed by atoms with van der Waals surface area (Å²) in [6, 6.07) is 11.7. The van der Waals surface area contributed by atoms with Gasteiger partial charge in [0.1, 0.15) is 0 Å². The molecule has 0 fully saturated rings. The molecule has 2 aromatic rings. The molecule has 0 radical (unpaired) electrons. The van der Waals surface area contributed by atoms with Gasteiger partial charge in [-0.1, -0.05) is 59.6 Å². The van der Waals surface area contributed by atoms with Crippen LogP contribution in [0.25, 0.3) is 0 Å². The lowest BCUT2D eigenvalue weighted by atomic mass is 10.2. The fourth-order valence-electron chi connectivity index (χ4n) is 1.81. The molecule has 21 heavy (non-hydrogen) atoms. The predicted molar refractivity (Wildman–Crippen MR) is 94.0 cm³/mol. The molecular formula is C16H16Cl3NS. The van der Waals surface area contributed by atoms with E-state index in [2.05, 4.69) is 24.4 Å². The quantitative estimate of drug-likeness (QED) is 0.607. The van der Waals surface area contributed by atoms with Gasteiger partial charge < -0.3 is 5.32 Å². The monoisotopic (exact) mass is 359 g/mol. The Morgan fingerprint density at radius 3 is 2.19 bits per heavy atom. The van der Waals surface area contributed by atoms with Crippen LogP contribution < -0.4 is 5.32 Å². The molecule has 0 amide bonds. The first-order valence-electron chi connectivity index (χ1n) is 6.72. The lowest BCUT2D eigenvalue weighted by Crippen LogP contribution is -2.13. The summed E-state index contributed by atoms with van der Waals surface area (Å²) in [5.74, 6) is 0. The molecule has 5 heteroatoms. The highest BCUT2D eigenvalue weighted by Crippen LogP contribution is 2.34. The topological polar surface area (TPSA) is 12.0 Å². The Balaban J connectivity index is 2.07. The second-order valence-corrected chi connectivity index (χ2v) is 6.98. The smallest absolute Gasteiger partial charge is 0.0603 e. The molecule has 0 aliphatic rings. The summed E-state index contributed by atoms with van der Waals surface area (Å²) in [7, 11) is 0. The number of nitrogens with one attached hydrogen (secondary N) is 1. The molecule has 0 heterocycles. The van der Waals surface area contributed by atoms with Crippen molar-refractivity contribution in [2.75, 3.05) is 6.54 Å². The van der Waals surface area contributed by atoms with E-state index in [1.54, 1.807) is 17.8 Å². The molecule has 1 nitrogen and oxygen atoms in total. The van der Waals surface area contributed by atoms with Crippen LogP contribution in [0.15, 0.2) is 46.2 Å². The normalized spacial score (nSPS) is 10.9. The van der Waals surface area contributed by atoms with Crippen LogP contribution in [0.2, 0.25) is 15.1 Å². The molecule has 0 saturated heterocycles. The molecule has 0 atom stereocenters. The number of hydrogen-bond donors (Lipinski definition) is 1. The maximum atomic E-state index is 6.33. The van der Waals surface area contributed by atoms with E-state index in [0.717, 1.165) is 39.9 Å². The van der Waals surface area contributed by atoms with Crippen molar-refractivity contribution in [2.24, 2.45) is 0 Å². The van der Waals surface area contributed by atoms with Crippen LogP contribution in [0.5, 0.6) is 0 Å². The third kappa shape index (κ3) is 5.08. The highest BCUT2D eigenvalue weighted by atomic mass is 35.5. The van der Waals surface area contributed by atoms with Crippen molar-refractivity contribution in [1.82, 2.24) is 5.32 Å². The van der Waals surface area contributed by atoms with Gasteiger partial charge in [-0.05, 0) is 48.9 Å². The van der Waals surface area contributed by atoms with Gasteiger partial charge in [0.2, 0.25) is 0 Å². The third-order valence-electron chi connectivity index (χ3n) is 2.89. The van der Waals surface area contributed by atoms with Gasteiger partial charge in [0, 0.05) is 21.4 Å². The predicted octanol–water partition coefficient (Wildman–Crippen LogP) is 6.30. The van der Waals surface area contributed by atoms with E-state index in [9.17, 15) is 0 Å². The molecule has 0 aromatic heterocycles. The van der Waals surface area contributed by atoms with Gasteiger partial charge in [0.25, 0.3) is 0 Å². The summed E-state index contributed by atoms with van der Waals surface area (Å²) in [6.45, 7) is 3.94. The van der Waals surface area contributed by atoms with E-state index in [-0.39, 0.29) is 0 Å². The second-order valence-electron chi connectivity index (χ2n) is 4.61. The molecule has 112 valence electrons. The van der Waals surface area contributed by atoms with Gasteiger partial charge in [0.15, 0.2) is 0 Å². The van der Waals surface area contributed by atoms with Crippen LogP contribution >= 0.6 is 46.6 Å². The van der Waals surface area contributed by atoms with Gasteiger partial charge in [-0.25, -0.2) is 0 Å². The minimum atomic E-state index is 0.563. The minimum absolute atomic E-state index is 0.563. The van der Waals surface area contributed by atoms with Crippen molar-refractivity contribution in [3.05, 3.63) is 57.0 Å². The first-order chi connectivity index (χ1) is 10.1. The summed E-state index contributed by atoms with van der Waals surface area (Å²) in [5, 5.41) is 5.26. The molecule has 1 N–H and O–H groups in total. The van der Waals surface area contributed by atoms with Gasteiger partial charge >= 0.3 is 0 Å². The molecular weight excluding hydrogens is 345 g/mol. The first kappa shape index (κ1) is 17.0. The second kappa shape index (κ2) is 8.30. The van der Waals surface area contributed by atoms with Crippen molar-refractivity contribution < 1.29 is 0 Å². The summed E-state index contributed by atoms with van der Waals surface area (Å²) in [5.41, 5.74) is 1.11. The molecule has 0 aliphatic carbocycles. The van der Waals surface area contributed by atoms with Gasteiger partial charge in [-0.2, -0.15) is 0 Å². The Kier molecular flexibility index (Phi) is 6.72. The number of rotatable bonds is 6. The number of halogens is 3. The highest BCUT2D eigenvalue weighted by molar-refractivity contribution is 7.99. The minimum Gasteiger partial charge on any atom is -0.313 e. The Hall–Kier alpha value is -0.380. The van der Waals surface area contributed by atoms with Crippen LogP contribution in [-0.4, -0.2) is 6.54 Å². The first-order valence-corrected chi connectivity index (χ1v) is 8.67. The standard InChI is InChI=1S/C16H16Cl3NS/c1-2-7-20-10-11-3-4-12(8-15(11)18)21-13-5-6-14(17)16(19)9-13/h3-6,8-9,20H,2,7,10H2,1H3. The van der Waals surface area contributed by atoms with E-state index in [1.165, 1.54) is 0 Å². The summed E-state index contributed by atoms with van der Waals surface area (Å²) in [4.78, 5) is 2.12. The van der Waals surface area contributed by atoms with E-state index < -0.39 is 0 Å². The zero-order valence-electron chi connectivity index (χ0n) is 11.6. The Bertz CT molecular complexity index is 616. The number of benzene rings is 2. The van der Waals surface area contributed by atoms with E-state index in [4.69, 9.17) is 34.8 Å². The van der Waals surface area contributed by atoms with Crippen molar-refractivity contribution >= 4 is 46.6 Å². The number of hydrogen-bond acceptors (Lipinski definition) is 2. The molecule has 0 aliphatic heterocycles. The zero-order valence-corrected chi connectivity index (χ0v) is 14.7. The Morgan fingerprint density at radius 1 is 0.905 bits per heavy atom. The van der Waals surface area contributed by atoms with Crippen molar-refractivity contribution in [3.63, 3.8) is 0 Å². The van der Waals surface area contributed by atoms with Gasteiger partial charge in [-0.3, -0.25) is 0 Å². The molecule has 0 spiro atoms. The van der Waals surface area contributed by atoms with Crippen LogP contribution in [0.1, 0.15) is 18.9 Å². The van der Waals surface area contributed by atoms with Crippen molar-refractivity contribution in [3.8, 4) is 0 Å². The third-order valence-corrected chi connectivity index (χ3v) is 4.96. The van der Waals surface area contributed by atoms with Crippen LogP contribution in [0, 0.1) is 0 Å². The zero-order chi connectivity index (χ0) is 15.2.